The van der Waals surface area contributed by atoms with E-state index in [0.717, 1.165) is 10.9 Å². The van der Waals surface area contributed by atoms with E-state index in [4.69, 9.17) is 5.84 Å². The van der Waals surface area contributed by atoms with Gasteiger partial charge in [0.15, 0.2) is 0 Å². The number of hydrazine groups is 1. The lowest BCUT2D eigenvalue weighted by Gasteiger charge is -2.22. The van der Waals surface area contributed by atoms with Crippen LogP contribution >= 0.6 is 0 Å². The van der Waals surface area contributed by atoms with Crippen LogP contribution < -0.4 is 11.3 Å². The van der Waals surface area contributed by atoms with E-state index in [1.165, 1.54) is 6.07 Å². The van der Waals surface area contributed by atoms with Gasteiger partial charge in [0.1, 0.15) is 11.6 Å². The zero-order chi connectivity index (χ0) is 13.5. The molecule has 18 heavy (non-hydrogen) atoms. The van der Waals surface area contributed by atoms with Crippen LogP contribution in [0.3, 0.4) is 0 Å². The average Bonchev–Trinajstić information content (AvgIpc) is 2.31. The molecule has 0 amide bonds. The number of fused-ring (bicyclic) bond motifs is 1. The second-order valence-corrected chi connectivity index (χ2v) is 5.52. The van der Waals surface area contributed by atoms with Crippen molar-refractivity contribution in [2.45, 2.75) is 33.1 Å². The molecule has 0 aliphatic heterocycles. The van der Waals surface area contributed by atoms with Crippen LogP contribution in [0.1, 0.15) is 31.9 Å². The first-order valence-corrected chi connectivity index (χ1v) is 5.91. The van der Waals surface area contributed by atoms with Crippen molar-refractivity contribution in [1.29, 1.82) is 0 Å². The zero-order valence-corrected chi connectivity index (χ0v) is 11.1. The largest absolute Gasteiger partial charge is 0.308 e. The SMILES string of the molecule is Cc1c(F)ccc2cc(C(C)(C)C)c(NN)nc12. The second-order valence-electron chi connectivity index (χ2n) is 5.52. The Kier molecular flexibility index (Phi) is 2.99. The smallest absolute Gasteiger partial charge is 0.144 e. The molecule has 0 radical (unpaired) electrons. The lowest BCUT2D eigenvalue weighted by Crippen LogP contribution is -2.19. The first kappa shape index (κ1) is 12.8. The third-order valence-electron chi connectivity index (χ3n) is 3.12. The van der Waals surface area contributed by atoms with Crippen LogP contribution in [-0.4, -0.2) is 4.98 Å². The van der Waals surface area contributed by atoms with Gasteiger partial charge in [-0.25, -0.2) is 15.2 Å². The first-order chi connectivity index (χ1) is 8.34. The minimum Gasteiger partial charge on any atom is -0.308 e. The van der Waals surface area contributed by atoms with Gasteiger partial charge >= 0.3 is 0 Å². The molecule has 0 atom stereocenters. The molecular weight excluding hydrogens is 229 g/mol. The van der Waals surface area contributed by atoms with Crippen molar-refractivity contribution in [2.24, 2.45) is 5.84 Å². The van der Waals surface area contributed by atoms with Crippen LogP contribution in [0, 0.1) is 12.7 Å². The zero-order valence-electron chi connectivity index (χ0n) is 11.1. The number of nitrogens with two attached hydrogens (primary N) is 1. The summed E-state index contributed by atoms with van der Waals surface area (Å²) in [5, 5.41) is 0.929. The Bertz CT molecular complexity index is 600. The van der Waals surface area contributed by atoms with Gasteiger partial charge in [-0.05, 0) is 30.5 Å². The predicted octanol–water partition coefficient (Wildman–Crippen LogP) is 3.27. The van der Waals surface area contributed by atoms with Crippen molar-refractivity contribution in [3.8, 4) is 0 Å². The van der Waals surface area contributed by atoms with Gasteiger partial charge < -0.3 is 5.43 Å². The van der Waals surface area contributed by atoms with Gasteiger partial charge in [0.25, 0.3) is 0 Å². The third-order valence-corrected chi connectivity index (χ3v) is 3.12. The number of pyridine rings is 1. The average molecular weight is 247 g/mol. The van der Waals surface area contributed by atoms with Crippen molar-refractivity contribution >= 4 is 16.7 Å². The van der Waals surface area contributed by atoms with Crippen LogP contribution in [-0.2, 0) is 5.41 Å². The highest BCUT2D eigenvalue weighted by atomic mass is 19.1. The van der Waals surface area contributed by atoms with E-state index in [2.05, 4.69) is 31.2 Å². The van der Waals surface area contributed by atoms with Gasteiger partial charge in [0, 0.05) is 16.5 Å². The summed E-state index contributed by atoms with van der Waals surface area (Å²) in [6, 6.07) is 5.24. The fourth-order valence-corrected chi connectivity index (χ4v) is 2.04. The van der Waals surface area contributed by atoms with Gasteiger partial charge in [0.05, 0.1) is 5.52 Å². The summed E-state index contributed by atoms with van der Waals surface area (Å²) < 4.78 is 13.5. The lowest BCUT2D eigenvalue weighted by atomic mass is 9.86. The van der Waals surface area contributed by atoms with Crippen molar-refractivity contribution in [1.82, 2.24) is 4.98 Å². The standard InChI is InChI=1S/C14H18FN3/c1-8-11(15)6-5-9-7-10(14(2,3)4)13(18-16)17-12(8)9/h5-7H,16H2,1-4H3,(H,17,18). The monoisotopic (exact) mass is 247 g/mol. The number of nitrogen functional groups attached to an aromatic ring is 1. The van der Waals surface area contributed by atoms with Crippen molar-refractivity contribution in [2.75, 3.05) is 5.43 Å². The molecule has 0 saturated carbocycles. The van der Waals surface area contributed by atoms with E-state index < -0.39 is 0 Å². The van der Waals surface area contributed by atoms with Crippen LogP contribution in [0.5, 0.6) is 0 Å². The molecule has 0 aliphatic rings. The molecule has 96 valence electrons. The first-order valence-electron chi connectivity index (χ1n) is 5.91. The van der Waals surface area contributed by atoms with Crippen molar-refractivity contribution in [3.05, 3.63) is 35.1 Å². The fourth-order valence-electron chi connectivity index (χ4n) is 2.04. The summed E-state index contributed by atoms with van der Waals surface area (Å²) in [6.07, 6.45) is 0. The quantitative estimate of drug-likeness (QED) is 0.600. The summed E-state index contributed by atoms with van der Waals surface area (Å²) in [7, 11) is 0. The number of anilines is 1. The van der Waals surface area contributed by atoms with Gasteiger partial charge in [-0.1, -0.05) is 20.8 Å². The van der Waals surface area contributed by atoms with E-state index >= 15 is 0 Å². The highest BCUT2D eigenvalue weighted by Crippen LogP contribution is 2.32. The number of nitrogens with zero attached hydrogens (tertiary/aromatic N) is 1. The summed E-state index contributed by atoms with van der Waals surface area (Å²) in [6.45, 7) is 7.99. The number of halogens is 1. The summed E-state index contributed by atoms with van der Waals surface area (Å²) in [5.41, 5.74) is 4.74. The second kappa shape index (κ2) is 4.21. The molecule has 3 nitrogen and oxygen atoms in total. The number of hydrogen-bond acceptors (Lipinski definition) is 3. The summed E-state index contributed by atoms with van der Waals surface area (Å²) >= 11 is 0. The number of rotatable bonds is 1. The maximum Gasteiger partial charge on any atom is 0.144 e. The van der Waals surface area contributed by atoms with Crippen LogP contribution in [0.2, 0.25) is 0 Å². The van der Waals surface area contributed by atoms with Crippen molar-refractivity contribution < 1.29 is 4.39 Å². The molecule has 0 saturated heterocycles. The molecular formula is C14H18FN3. The predicted molar refractivity (Wildman–Crippen MR) is 72.9 cm³/mol. The van der Waals surface area contributed by atoms with E-state index in [0.29, 0.717) is 16.9 Å². The van der Waals surface area contributed by atoms with E-state index in [1.54, 1.807) is 13.0 Å². The van der Waals surface area contributed by atoms with Gasteiger partial charge in [-0.3, -0.25) is 0 Å². The summed E-state index contributed by atoms with van der Waals surface area (Å²) in [4.78, 5) is 4.44. The molecule has 4 heteroatoms. The Morgan fingerprint density at radius 3 is 2.50 bits per heavy atom. The Hall–Kier alpha value is -1.68. The molecule has 1 heterocycles. The Balaban J connectivity index is 2.81. The number of nitrogens with one attached hydrogen (secondary N) is 1. The molecule has 2 aromatic rings. The van der Waals surface area contributed by atoms with Gasteiger partial charge in [-0.15, -0.1) is 0 Å². The van der Waals surface area contributed by atoms with Gasteiger partial charge in [0.2, 0.25) is 0 Å². The Morgan fingerprint density at radius 2 is 1.94 bits per heavy atom. The number of hydrogen-bond donors (Lipinski definition) is 2. The topological polar surface area (TPSA) is 50.9 Å². The molecule has 3 N–H and O–H groups in total. The molecule has 0 unspecified atom stereocenters. The molecule has 1 aromatic carbocycles. The highest BCUT2D eigenvalue weighted by molar-refractivity contribution is 5.85. The minimum absolute atomic E-state index is 0.0782. The molecule has 2 rings (SSSR count). The third kappa shape index (κ3) is 2.04. The van der Waals surface area contributed by atoms with Crippen LogP contribution in [0.25, 0.3) is 10.9 Å². The Labute approximate surface area is 106 Å². The minimum atomic E-state index is -0.249. The summed E-state index contributed by atoms with van der Waals surface area (Å²) in [5.74, 6) is 5.87. The molecule has 0 aliphatic carbocycles. The van der Waals surface area contributed by atoms with Crippen molar-refractivity contribution in [3.63, 3.8) is 0 Å². The number of aromatic nitrogens is 1. The Morgan fingerprint density at radius 1 is 1.28 bits per heavy atom. The molecule has 1 aromatic heterocycles. The molecule has 0 fully saturated rings. The normalized spacial score (nSPS) is 11.9. The lowest BCUT2D eigenvalue weighted by molar-refractivity contribution is 0.590. The maximum absolute atomic E-state index is 13.5. The number of aryl methyl sites for hydroxylation is 1. The van der Waals surface area contributed by atoms with Crippen LogP contribution in [0.4, 0.5) is 10.2 Å². The van der Waals surface area contributed by atoms with Crippen LogP contribution in [0.15, 0.2) is 18.2 Å². The maximum atomic E-state index is 13.5. The molecule has 0 bridgehead atoms. The number of benzene rings is 1. The fraction of sp³-hybridized carbons (Fsp3) is 0.357. The molecule has 0 spiro atoms. The highest BCUT2D eigenvalue weighted by Gasteiger charge is 2.20. The van der Waals surface area contributed by atoms with E-state index in [9.17, 15) is 4.39 Å². The van der Waals surface area contributed by atoms with E-state index in [1.807, 2.05) is 6.07 Å². The van der Waals surface area contributed by atoms with E-state index in [-0.39, 0.29) is 11.2 Å². The van der Waals surface area contributed by atoms with Gasteiger partial charge in [-0.2, -0.15) is 0 Å².